The van der Waals surface area contributed by atoms with Gasteiger partial charge in [0.25, 0.3) is 0 Å². The van der Waals surface area contributed by atoms with Crippen molar-refractivity contribution in [3.05, 3.63) is 30.0 Å². The number of pyridine rings is 1. The van der Waals surface area contributed by atoms with E-state index in [1.165, 1.54) is 0 Å². The predicted octanol–water partition coefficient (Wildman–Crippen LogP) is 2.56. The third-order valence-electron chi connectivity index (χ3n) is 2.38. The summed E-state index contributed by atoms with van der Waals surface area (Å²) in [4.78, 5) is 4.47. The van der Waals surface area contributed by atoms with Crippen molar-refractivity contribution < 1.29 is 0 Å². The summed E-state index contributed by atoms with van der Waals surface area (Å²) in [6.45, 7) is 4.90. The van der Waals surface area contributed by atoms with Gasteiger partial charge in [-0.15, -0.1) is 0 Å². The van der Waals surface area contributed by atoms with E-state index in [1.54, 1.807) is 0 Å². The summed E-state index contributed by atoms with van der Waals surface area (Å²) in [6.07, 6.45) is 0. The fourth-order valence-electron chi connectivity index (χ4n) is 1.73. The number of rotatable bonds is 2. The monoisotopic (exact) mass is 201 g/mol. The van der Waals surface area contributed by atoms with Crippen molar-refractivity contribution in [2.45, 2.75) is 13.8 Å². The number of nitrogen functional groups attached to an aromatic ring is 1. The lowest BCUT2D eigenvalue weighted by Crippen LogP contribution is -2.01. The number of nitrogens with one attached hydrogen (secondary N) is 1. The largest absolute Gasteiger partial charge is 0.398 e. The number of hydrogen-bond acceptors (Lipinski definition) is 3. The van der Waals surface area contributed by atoms with Gasteiger partial charge >= 0.3 is 0 Å². The normalized spacial score (nSPS) is 10.5. The first kappa shape index (κ1) is 9.77. The fraction of sp³-hybridized carbons (Fsp3) is 0.250. The number of aryl methyl sites for hydroxylation is 1. The molecule has 0 amide bonds. The van der Waals surface area contributed by atoms with Gasteiger partial charge in [-0.3, -0.25) is 0 Å². The first-order valence-corrected chi connectivity index (χ1v) is 5.12. The van der Waals surface area contributed by atoms with Gasteiger partial charge in [-0.25, -0.2) is 4.98 Å². The molecule has 0 saturated heterocycles. The van der Waals surface area contributed by atoms with E-state index >= 15 is 0 Å². The molecule has 78 valence electrons. The van der Waals surface area contributed by atoms with Crippen LogP contribution in [0.4, 0.5) is 11.5 Å². The third-order valence-corrected chi connectivity index (χ3v) is 2.38. The molecule has 0 bridgehead atoms. The van der Waals surface area contributed by atoms with Crippen molar-refractivity contribution in [3.8, 4) is 0 Å². The standard InChI is InChI=1S/C12H15N3/c1-3-14-12-9-5-4-6-11(13)10(9)7-8(2)15-12/h4-7H,3,13H2,1-2H3,(H,14,15). The summed E-state index contributed by atoms with van der Waals surface area (Å²) < 4.78 is 0. The molecule has 0 aliphatic carbocycles. The van der Waals surface area contributed by atoms with Crippen LogP contribution in [0.5, 0.6) is 0 Å². The zero-order valence-electron chi connectivity index (χ0n) is 9.04. The molecule has 0 aliphatic heterocycles. The van der Waals surface area contributed by atoms with Gasteiger partial charge in [0.05, 0.1) is 0 Å². The number of fused-ring (bicyclic) bond motifs is 1. The Bertz CT molecular complexity index is 491. The number of nitrogens with two attached hydrogens (primary N) is 1. The van der Waals surface area contributed by atoms with Gasteiger partial charge in [-0.1, -0.05) is 12.1 Å². The van der Waals surface area contributed by atoms with Crippen LogP contribution in [0, 0.1) is 6.92 Å². The Morgan fingerprint density at radius 3 is 2.87 bits per heavy atom. The number of hydrogen-bond donors (Lipinski definition) is 2. The summed E-state index contributed by atoms with van der Waals surface area (Å²) in [6, 6.07) is 7.93. The molecule has 2 aromatic rings. The van der Waals surface area contributed by atoms with Gasteiger partial charge < -0.3 is 11.1 Å². The molecule has 1 aromatic carbocycles. The van der Waals surface area contributed by atoms with Crippen molar-refractivity contribution in [2.75, 3.05) is 17.6 Å². The van der Waals surface area contributed by atoms with Crippen molar-refractivity contribution in [3.63, 3.8) is 0 Å². The lowest BCUT2D eigenvalue weighted by atomic mass is 10.1. The summed E-state index contributed by atoms with van der Waals surface area (Å²) in [5.74, 6) is 0.916. The minimum absolute atomic E-state index is 0.803. The van der Waals surface area contributed by atoms with E-state index in [4.69, 9.17) is 5.73 Å². The van der Waals surface area contributed by atoms with Crippen molar-refractivity contribution in [1.29, 1.82) is 0 Å². The highest BCUT2D eigenvalue weighted by Crippen LogP contribution is 2.26. The Hall–Kier alpha value is -1.77. The smallest absolute Gasteiger partial charge is 0.134 e. The van der Waals surface area contributed by atoms with Crippen LogP contribution in [0.25, 0.3) is 10.8 Å². The summed E-state index contributed by atoms with van der Waals surface area (Å²) in [7, 11) is 0. The molecule has 0 saturated carbocycles. The second-order valence-corrected chi connectivity index (χ2v) is 3.58. The Labute approximate surface area is 89.3 Å². The Morgan fingerprint density at radius 1 is 1.33 bits per heavy atom. The van der Waals surface area contributed by atoms with Crippen LogP contribution in [-0.2, 0) is 0 Å². The predicted molar refractivity (Wildman–Crippen MR) is 65.1 cm³/mol. The van der Waals surface area contributed by atoms with Crippen LogP contribution in [-0.4, -0.2) is 11.5 Å². The van der Waals surface area contributed by atoms with E-state index in [2.05, 4.69) is 17.2 Å². The number of nitrogens with zero attached hydrogens (tertiary/aromatic N) is 1. The lowest BCUT2D eigenvalue weighted by molar-refractivity contribution is 1.14. The fourth-order valence-corrected chi connectivity index (χ4v) is 1.73. The number of anilines is 2. The molecule has 0 radical (unpaired) electrons. The Balaban J connectivity index is 2.74. The minimum atomic E-state index is 0.803. The maximum absolute atomic E-state index is 5.93. The van der Waals surface area contributed by atoms with Crippen LogP contribution >= 0.6 is 0 Å². The van der Waals surface area contributed by atoms with Crippen LogP contribution < -0.4 is 11.1 Å². The topological polar surface area (TPSA) is 50.9 Å². The second-order valence-electron chi connectivity index (χ2n) is 3.58. The van der Waals surface area contributed by atoms with Crippen LogP contribution in [0.1, 0.15) is 12.6 Å². The molecule has 0 atom stereocenters. The number of aromatic nitrogens is 1. The van der Waals surface area contributed by atoms with E-state index in [0.29, 0.717) is 0 Å². The average molecular weight is 201 g/mol. The van der Waals surface area contributed by atoms with Gasteiger partial charge in [0.15, 0.2) is 0 Å². The van der Waals surface area contributed by atoms with Gasteiger partial charge in [0.2, 0.25) is 0 Å². The zero-order valence-corrected chi connectivity index (χ0v) is 9.04. The van der Waals surface area contributed by atoms with Crippen molar-refractivity contribution >= 4 is 22.3 Å². The van der Waals surface area contributed by atoms with E-state index in [1.807, 2.05) is 31.2 Å². The van der Waals surface area contributed by atoms with Gasteiger partial charge in [-0.05, 0) is 26.0 Å². The molecule has 1 aromatic heterocycles. The van der Waals surface area contributed by atoms with E-state index in [9.17, 15) is 0 Å². The van der Waals surface area contributed by atoms with Crippen molar-refractivity contribution in [1.82, 2.24) is 4.98 Å². The van der Waals surface area contributed by atoms with Gasteiger partial charge in [-0.2, -0.15) is 0 Å². The molecule has 2 rings (SSSR count). The average Bonchev–Trinajstić information content (AvgIpc) is 2.20. The first-order valence-electron chi connectivity index (χ1n) is 5.12. The molecule has 0 aliphatic rings. The van der Waals surface area contributed by atoms with E-state index < -0.39 is 0 Å². The lowest BCUT2D eigenvalue weighted by Gasteiger charge is -2.09. The quantitative estimate of drug-likeness (QED) is 0.734. The zero-order chi connectivity index (χ0) is 10.8. The Kier molecular flexibility index (Phi) is 2.46. The summed E-state index contributed by atoms with van der Waals surface area (Å²) >= 11 is 0. The van der Waals surface area contributed by atoms with Gasteiger partial charge in [0.1, 0.15) is 5.82 Å². The van der Waals surface area contributed by atoms with Crippen LogP contribution in [0.15, 0.2) is 24.3 Å². The highest BCUT2D eigenvalue weighted by atomic mass is 15.0. The molecule has 0 fully saturated rings. The molecule has 3 N–H and O–H groups in total. The van der Waals surface area contributed by atoms with Crippen LogP contribution in [0.3, 0.4) is 0 Å². The summed E-state index contributed by atoms with van der Waals surface area (Å²) in [5, 5.41) is 5.41. The SMILES string of the molecule is CCNc1nc(C)cc2c(N)cccc12. The third kappa shape index (κ3) is 1.73. The minimum Gasteiger partial charge on any atom is -0.398 e. The molecule has 0 spiro atoms. The highest BCUT2D eigenvalue weighted by molar-refractivity contribution is 5.99. The molecule has 0 unspecified atom stereocenters. The van der Waals surface area contributed by atoms with E-state index in [-0.39, 0.29) is 0 Å². The molecule has 3 nitrogen and oxygen atoms in total. The molecular weight excluding hydrogens is 186 g/mol. The molecular formula is C12H15N3. The summed E-state index contributed by atoms with van der Waals surface area (Å²) in [5.41, 5.74) is 7.72. The maximum Gasteiger partial charge on any atom is 0.134 e. The molecule has 3 heteroatoms. The number of benzene rings is 1. The molecule has 15 heavy (non-hydrogen) atoms. The first-order chi connectivity index (χ1) is 7.22. The maximum atomic E-state index is 5.93. The highest BCUT2D eigenvalue weighted by Gasteiger charge is 2.04. The van der Waals surface area contributed by atoms with Gasteiger partial charge in [0, 0.05) is 28.7 Å². The van der Waals surface area contributed by atoms with Crippen molar-refractivity contribution in [2.24, 2.45) is 0 Å². The second kappa shape index (κ2) is 3.77. The van der Waals surface area contributed by atoms with Crippen LogP contribution in [0.2, 0.25) is 0 Å². The molecule has 1 heterocycles. The Morgan fingerprint density at radius 2 is 2.13 bits per heavy atom. The van der Waals surface area contributed by atoms with E-state index in [0.717, 1.165) is 34.5 Å².